The van der Waals surface area contributed by atoms with Gasteiger partial charge in [-0.1, -0.05) is 23.8 Å². The predicted octanol–water partition coefficient (Wildman–Crippen LogP) is 3.62. The van der Waals surface area contributed by atoms with Gasteiger partial charge >= 0.3 is 12.2 Å². The molecule has 1 N–H and O–H groups in total. The Hall–Kier alpha value is -3.49. The number of barbiturate groups is 1. The maximum absolute atomic E-state index is 12.8. The highest BCUT2D eigenvalue weighted by molar-refractivity contribution is 6.32. The van der Waals surface area contributed by atoms with Crippen molar-refractivity contribution in [2.45, 2.75) is 13.1 Å². The van der Waals surface area contributed by atoms with Gasteiger partial charge in [-0.2, -0.15) is 13.2 Å². The van der Waals surface area contributed by atoms with Crippen molar-refractivity contribution < 1.29 is 27.6 Å². The second-order valence-electron chi connectivity index (χ2n) is 6.11. The van der Waals surface area contributed by atoms with Gasteiger partial charge in [0, 0.05) is 6.21 Å². The number of carbonyl (C=O) groups is 3. The molecule has 1 atom stereocenters. The van der Waals surface area contributed by atoms with E-state index in [9.17, 15) is 27.6 Å². The highest BCUT2D eigenvalue weighted by Gasteiger charge is 2.40. The molecule has 2 aromatic carbocycles. The first-order chi connectivity index (χ1) is 13.2. The molecule has 1 aliphatic heterocycles. The van der Waals surface area contributed by atoms with Crippen LogP contribution in [-0.2, 0) is 15.8 Å². The third-order valence-corrected chi connectivity index (χ3v) is 4.04. The van der Waals surface area contributed by atoms with Crippen molar-refractivity contribution in [3.05, 3.63) is 59.7 Å². The number of imide groups is 2. The van der Waals surface area contributed by atoms with E-state index >= 15 is 0 Å². The van der Waals surface area contributed by atoms with Crippen LogP contribution in [0.15, 0.2) is 53.5 Å². The zero-order chi connectivity index (χ0) is 20.5. The van der Waals surface area contributed by atoms with Crippen LogP contribution < -0.4 is 10.2 Å². The minimum Gasteiger partial charge on any atom is -0.276 e. The van der Waals surface area contributed by atoms with E-state index in [1.165, 1.54) is 12.1 Å². The van der Waals surface area contributed by atoms with Gasteiger partial charge in [0.1, 0.15) is 0 Å². The Morgan fingerprint density at radius 3 is 2.39 bits per heavy atom. The lowest BCUT2D eigenvalue weighted by Crippen LogP contribution is -2.58. The largest absolute Gasteiger partial charge is 0.416 e. The Kier molecular flexibility index (Phi) is 5.00. The summed E-state index contributed by atoms with van der Waals surface area (Å²) in [6, 6.07) is 9.73. The van der Waals surface area contributed by atoms with Crippen LogP contribution in [0.3, 0.4) is 0 Å². The van der Waals surface area contributed by atoms with Crippen molar-refractivity contribution >= 4 is 35.4 Å². The number of hydrogen-bond donors (Lipinski definition) is 1. The number of alkyl halides is 3. The molecule has 4 amide bonds. The first kappa shape index (κ1) is 19.3. The summed E-state index contributed by atoms with van der Waals surface area (Å²) in [7, 11) is 0. The smallest absolute Gasteiger partial charge is 0.276 e. The zero-order valence-corrected chi connectivity index (χ0v) is 14.5. The first-order valence-corrected chi connectivity index (χ1v) is 8.14. The van der Waals surface area contributed by atoms with Gasteiger partial charge in [0.05, 0.1) is 16.9 Å². The molecule has 0 saturated carbocycles. The van der Waals surface area contributed by atoms with Crippen LogP contribution >= 0.6 is 0 Å². The fourth-order valence-corrected chi connectivity index (χ4v) is 2.58. The van der Waals surface area contributed by atoms with Crippen LogP contribution in [0, 0.1) is 12.8 Å². The van der Waals surface area contributed by atoms with E-state index < -0.39 is 35.5 Å². The Bertz CT molecular complexity index is 968. The van der Waals surface area contributed by atoms with Gasteiger partial charge in [-0.15, -0.1) is 0 Å². The van der Waals surface area contributed by atoms with E-state index in [-0.39, 0.29) is 11.4 Å². The van der Waals surface area contributed by atoms with Crippen LogP contribution in [0.2, 0.25) is 0 Å². The lowest BCUT2D eigenvalue weighted by Gasteiger charge is -2.28. The monoisotopic (exact) mass is 389 g/mol. The fourth-order valence-electron chi connectivity index (χ4n) is 2.58. The summed E-state index contributed by atoms with van der Waals surface area (Å²) in [6.45, 7) is 1.83. The van der Waals surface area contributed by atoms with Crippen LogP contribution in [0.5, 0.6) is 0 Å². The Morgan fingerprint density at radius 2 is 1.75 bits per heavy atom. The van der Waals surface area contributed by atoms with Gasteiger partial charge in [0.2, 0.25) is 5.91 Å². The Labute approximate surface area is 157 Å². The number of carbonyl (C=O) groups excluding carboxylic acids is 3. The van der Waals surface area contributed by atoms with Crippen LogP contribution in [0.4, 0.5) is 29.3 Å². The molecule has 0 radical (unpaired) electrons. The molecule has 2 aromatic rings. The molecule has 1 heterocycles. The predicted molar refractivity (Wildman–Crippen MR) is 95.3 cm³/mol. The molecular weight excluding hydrogens is 375 g/mol. The van der Waals surface area contributed by atoms with E-state index in [4.69, 9.17) is 0 Å². The molecule has 6 nitrogen and oxygen atoms in total. The lowest BCUT2D eigenvalue weighted by atomic mass is 10.1. The number of benzene rings is 2. The molecule has 1 fully saturated rings. The Morgan fingerprint density at radius 1 is 1.07 bits per heavy atom. The minimum absolute atomic E-state index is 0.0748. The summed E-state index contributed by atoms with van der Waals surface area (Å²) >= 11 is 0. The number of nitrogens with zero attached hydrogens (tertiary/aromatic N) is 2. The van der Waals surface area contributed by atoms with Crippen molar-refractivity contribution in [2.24, 2.45) is 10.9 Å². The zero-order valence-electron chi connectivity index (χ0n) is 14.5. The SMILES string of the molecule is Cc1ccc(N2C(=O)NC(=O)[C@H](C=Nc3cccc(C(F)(F)F)c3)C2=O)cc1. The van der Waals surface area contributed by atoms with Crippen LogP contribution in [0.25, 0.3) is 0 Å². The number of rotatable bonds is 3. The third kappa shape index (κ3) is 3.93. The summed E-state index contributed by atoms with van der Waals surface area (Å²) < 4.78 is 38.3. The van der Waals surface area contributed by atoms with E-state index in [0.29, 0.717) is 0 Å². The number of aliphatic imine (C=N–C) groups is 1. The minimum atomic E-state index is -4.54. The number of hydrogen-bond acceptors (Lipinski definition) is 4. The quantitative estimate of drug-likeness (QED) is 0.643. The molecule has 144 valence electrons. The van der Waals surface area contributed by atoms with Crippen LogP contribution in [-0.4, -0.2) is 24.1 Å². The molecule has 3 rings (SSSR count). The Balaban J connectivity index is 1.88. The van der Waals surface area contributed by atoms with Gasteiger partial charge in [0.25, 0.3) is 5.91 Å². The number of anilines is 1. The van der Waals surface area contributed by atoms with Crippen molar-refractivity contribution in [3.63, 3.8) is 0 Å². The summed E-state index contributed by atoms with van der Waals surface area (Å²) in [6.07, 6.45) is -3.61. The van der Waals surface area contributed by atoms with Crippen molar-refractivity contribution in [2.75, 3.05) is 4.90 Å². The van der Waals surface area contributed by atoms with E-state index in [2.05, 4.69) is 10.3 Å². The molecular formula is C19H14F3N3O3. The lowest BCUT2D eigenvalue weighted by molar-refractivity contribution is -0.137. The average molecular weight is 389 g/mol. The van der Waals surface area contributed by atoms with Crippen molar-refractivity contribution in [3.8, 4) is 0 Å². The average Bonchev–Trinajstić information content (AvgIpc) is 2.62. The van der Waals surface area contributed by atoms with Gasteiger partial charge in [-0.3, -0.25) is 19.9 Å². The van der Waals surface area contributed by atoms with Gasteiger partial charge in [-0.25, -0.2) is 9.69 Å². The molecule has 0 aliphatic carbocycles. The molecule has 0 unspecified atom stereocenters. The summed E-state index contributed by atoms with van der Waals surface area (Å²) in [5, 5.41) is 2.05. The highest BCUT2D eigenvalue weighted by atomic mass is 19.4. The fraction of sp³-hybridized carbons (Fsp3) is 0.158. The summed E-state index contributed by atoms with van der Waals surface area (Å²) in [5.74, 6) is -3.18. The second kappa shape index (κ2) is 7.26. The molecule has 0 bridgehead atoms. The van der Waals surface area contributed by atoms with Gasteiger partial charge < -0.3 is 0 Å². The molecule has 1 aliphatic rings. The molecule has 0 aromatic heterocycles. The van der Waals surface area contributed by atoms with E-state index in [1.807, 2.05) is 6.92 Å². The van der Waals surface area contributed by atoms with Gasteiger partial charge in [-0.05, 0) is 37.3 Å². The standard InChI is InChI=1S/C19H14F3N3O3/c1-11-5-7-14(8-6-11)25-17(27)15(16(26)24-18(25)28)10-23-13-4-2-3-12(9-13)19(20,21)22/h2-10,15H,1H3,(H,24,26,28)/t15-/m0/s1. The maximum Gasteiger partial charge on any atom is 0.416 e. The molecule has 28 heavy (non-hydrogen) atoms. The topological polar surface area (TPSA) is 78.8 Å². The highest BCUT2D eigenvalue weighted by Crippen LogP contribution is 2.31. The number of urea groups is 1. The van der Waals surface area contributed by atoms with Gasteiger partial charge in [0.15, 0.2) is 5.92 Å². The second-order valence-corrected chi connectivity index (χ2v) is 6.11. The van der Waals surface area contributed by atoms with Crippen molar-refractivity contribution in [1.29, 1.82) is 0 Å². The normalized spacial score (nSPS) is 17.9. The van der Waals surface area contributed by atoms with E-state index in [1.54, 1.807) is 24.3 Å². The number of aryl methyl sites for hydroxylation is 1. The first-order valence-electron chi connectivity index (χ1n) is 8.14. The summed E-state index contributed by atoms with van der Waals surface area (Å²) in [4.78, 5) is 41.4. The molecule has 0 spiro atoms. The molecule has 1 saturated heterocycles. The molecule has 9 heteroatoms. The van der Waals surface area contributed by atoms with Crippen molar-refractivity contribution in [1.82, 2.24) is 5.32 Å². The maximum atomic E-state index is 12.8. The number of halogens is 3. The van der Waals surface area contributed by atoms with Crippen LogP contribution in [0.1, 0.15) is 11.1 Å². The summed E-state index contributed by atoms with van der Waals surface area (Å²) in [5.41, 5.74) is 0.192. The van der Waals surface area contributed by atoms with E-state index in [0.717, 1.165) is 28.8 Å². The number of amides is 4. The third-order valence-electron chi connectivity index (χ3n) is 4.04. The number of nitrogens with one attached hydrogen (secondary N) is 1.